The molecule has 1 rings (SSSR count). The molecule has 0 radical (unpaired) electrons. The summed E-state index contributed by atoms with van der Waals surface area (Å²) >= 11 is 0. The van der Waals surface area contributed by atoms with Gasteiger partial charge in [0.25, 0.3) is 0 Å². The Morgan fingerprint density at radius 2 is 1.20 bits per heavy atom. The van der Waals surface area contributed by atoms with E-state index >= 15 is 0 Å². The molecule has 6 N–H and O–H groups in total. The number of hydrogen-bond donors (Lipinski definition) is 6. The quantitative estimate of drug-likeness (QED) is 0.405. The average molecular weight is 292 g/mol. The first-order valence-electron chi connectivity index (χ1n) is 5.71. The van der Waals surface area contributed by atoms with Gasteiger partial charge in [-0.2, -0.15) is 0 Å². The maximum atomic E-state index is 12.1. The molecule has 1 aromatic rings. The van der Waals surface area contributed by atoms with E-state index < -0.39 is 24.3 Å². The molecule has 6 nitrogen and oxygen atoms in total. The summed E-state index contributed by atoms with van der Waals surface area (Å²) in [5, 5.41) is 48.3. The van der Waals surface area contributed by atoms with Crippen LogP contribution in [0.3, 0.4) is 0 Å². The Kier molecular flexibility index (Phi) is 9.38. The molecular weight excluding hydrogens is 270 g/mol. The number of phenols is 1. The molecule has 0 heterocycles. The lowest BCUT2D eigenvalue weighted by Crippen LogP contribution is -2.44. The van der Waals surface area contributed by atoms with Crippen LogP contribution >= 0.6 is 0 Å². The van der Waals surface area contributed by atoms with Gasteiger partial charge in [-0.1, -0.05) is 12.1 Å². The SMILES string of the molecule is CC(C)(O)C(C)(C)O.OB(O)O.Oc1ccccc1F. The first kappa shape index (κ1) is 21.1. The lowest BCUT2D eigenvalue weighted by atomic mass is 9.90. The molecule has 0 bridgehead atoms. The second-order valence-corrected chi connectivity index (χ2v) is 4.92. The van der Waals surface area contributed by atoms with Crippen LogP contribution in [0.5, 0.6) is 5.75 Å². The van der Waals surface area contributed by atoms with Crippen molar-refractivity contribution in [1.82, 2.24) is 0 Å². The van der Waals surface area contributed by atoms with E-state index in [0.717, 1.165) is 0 Å². The minimum atomic E-state index is -2.17. The van der Waals surface area contributed by atoms with Gasteiger partial charge in [0.15, 0.2) is 11.6 Å². The maximum Gasteiger partial charge on any atom is 0.631 e. The molecule has 0 atom stereocenters. The van der Waals surface area contributed by atoms with E-state index in [2.05, 4.69) is 0 Å². The van der Waals surface area contributed by atoms with E-state index in [0.29, 0.717) is 0 Å². The molecule has 0 aromatic heterocycles. The summed E-state index contributed by atoms with van der Waals surface area (Å²) in [6.45, 7) is 6.31. The molecule has 20 heavy (non-hydrogen) atoms. The highest BCUT2D eigenvalue weighted by atomic mass is 19.1. The van der Waals surface area contributed by atoms with Crippen LogP contribution in [0.25, 0.3) is 0 Å². The Morgan fingerprint density at radius 1 is 0.900 bits per heavy atom. The minimum absolute atomic E-state index is 0.299. The highest BCUT2D eigenvalue weighted by Gasteiger charge is 2.31. The average Bonchev–Trinajstić information content (AvgIpc) is 2.19. The Morgan fingerprint density at radius 3 is 1.35 bits per heavy atom. The molecule has 0 unspecified atom stereocenters. The van der Waals surface area contributed by atoms with Crippen LogP contribution < -0.4 is 0 Å². The molecule has 0 saturated carbocycles. The Balaban J connectivity index is 0. The topological polar surface area (TPSA) is 121 Å². The molecule has 0 spiro atoms. The summed E-state index contributed by atoms with van der Waals surface area (Å²) in [7, 11) is -2.17. The Labute approximate surface area is 117 Å². The third kappa shape index (κ3) is 11.9. The van der Waals surface area contributed by atoms with Crippen molar-refractivity contribution in [3.05, 3.63) is 30.1 Å². The second kappa shape index (κ2) is 8.88. The van der Waals surface area contributed by atoms with Gasteiger partial charge >= 0.3 is 7.32 Å². The van der Waals surface area contributed by atoms with Crippen molar-refractivity contribution in [2.75, 3.05) is 0 Å². The third-order valence-corrected chi connectivity index (χ3v) is 2.35. The monoisotopic (exact) mass is 292 g/mol. The Hall–Kier alpha value is -1.19. The van der Waals surface area contributed by atoms with Crippen molar-refractivity contribution < 1.29 is 34.8 Å². The smallest absolute Gasteiger partial charge is 0.505 e. The van der Waals surface area contributed by atoms with E-state index in [1.165, 1.54) is 18.2 Å². The summed E-state index contributed by atoms with van der Waals surface area (Å²) < 4.78 is 12.1. The van der Waals surface area contributed by atoms with Crippen molar-refractivity contribution in [1.29, 1.82) is 0 Å². The van der Waals surface area contributed by atoms with Gasteiger partial charge < -0.3 is 30.4 Å². The van der Waals surface area contributed by atoms with Crippen molar-refractivity contribution >= 4 is 7.32 Å². The zero-order valence-electron chi connectivity index (χ0n) is 11.9. The van der Waals surface area contributed by atoms with Gasteiger partial charge in [-0.3, -0.25) is 0 Å². The van der Waals surface area contributed by atoms with Crippen LogP contribution in [0.4, 0.5) is 4.39 Å². The molecule has 8 heteroatoms. The van der Waals surface area contributed by atoms with Gasteiger partial charge in [-0.15, -0.1) is 0 Å². The molecule has 0 aliphatic heterocycles. The van der Waals surface area contributed by atoms with Crippen molar-refractivity contribution in [3.63, 3.8) is 0 Å². The van der Waals surface area contributed by atoms with Gasteiger partial charge in [0.2, 0.25) is 0 Å². The largest absolute Gasteiger partial charge is 0.631 e. The third-order valence-electron chi connectivity index (χ3n) is 2.35. The van der Waals surface area contributed by atoms with Gasteiger partial charge in [-0.05, 0) is 39.8 Å². The van der Waals surface area contributed by atoms with E-state index in [4.69, 9.17) is 30.4 Å². The lowest BCUT2D eigenvalue weighted by molar-refractivity contribution is -0.107. The molecule has 0 aliphatic carbocycles. The van der Waals surface area contributed by atoms with Gasteiger partial charge in [0.05, 0.1) is 11.2 Å². The summed E-state index contributed by atoms with van der Waals surface area (Å²) in [5.41, 5.74) is -2.01. The van der Waals surface area contributed by atoms with Crippen LogP contribution in [0.15, 0.2) is 24.3 Å². The number of rotatable bonds is 1. The van der Waals surface area contributed by atoms with E-state index in [9.17, 15) is 4.39 Å². The van der Waals surface area contributed by atoms with Crippen LogP contribution in [-0.2, 0) is 0 Å². The highest BCUT2D eigenvalue weighted by molar-refractivity contribution is 6.30. The van der Waals surface area contributed by atoms with Crippen molar-refractivity contribution in [2.24, 2.45) is 0 Å². The highest BCUT2D eigenvalue weighted by Crippen LogP contribution is 2.19. The normalized spacial score (nSPS) is 10.7. The van der Waals surface area contributed by atoms with Crippen LogP contribution in [0, 0.1) is 5.82 Å². The van der Waals surface area contributed by atoms with E-state index in [-0.39, 0.29) is 5.75 Å². The van der Waals surface area contributed by atoms with Crippen LogP contribution in [0.1, 0.15) is 27.7 Å². The molecule has 0 aliphatic rings. The summed E-state index contributed by atoms with van der Waals surface area (Å²) in [4.78, 5) is 0. The van der Waals surface area contributed by atoms with Crippen LogP contribution in [-0.4, -0.2) is 48.9 Å². The number of aliphatic hydroxyl groups is 2. The molecule has 0 fully saturated rings. The van der Waals surface area contributed by atoms with E-state index in [1.807, 2.05) is 0 Å². The van der Waals surface area contributed by atoms with Crippen molar-refractivity contribution in [3.8, 4) is 5.75 Å². The summed E-state index contributed by atoms with van der Waals surface area (Å²) in [6.07, 6.45) is 0. The lowest BCUT2D eigenvalue weighted by Gasteiger charge is -2.31. The minimum Gasteiger partial charge on any atom is -0.505 e. The Bertz CT molecular complexity index is 337. The summed E-state index contributed by atoms with van der Waals surface area (Å²) in [6, 6.07) is 5.60. The second-order valence-electron chi connectivity index (χ2n) is 4.92. The molecule has 1 aromatic carbocycles. The zero-order chi connectivity index (χ0) is 16.6. The number of halogens is 1. The molecular formula is C12H22BFO6. The van der Waals surface area contributed by atoms with Crippen molar-refractivity contribution in [2.45, 2.75) is 38.9 Å². The first-order valence-corrected chi connectivity index (χ1v) is 5.71. The molecule has 116 valence electrons. The predicted molar refractivity (Wildman–Crippen MR) is 73.1 cm³/mol. The zero-order valence-corrected chi connectivity index (χ0v) is 11.9. The number of benzene rings is 1. The van der Waals surface area contributed by atoms with Gasteiger partial charge in [0, 0.05) is 0 Å². The number of phenolic OH excluding ortho intramolecular Hbond substituents is 1. The van der Waals surface area contributed by atoms with Gasteiger partial charge in [-0.25, -0.2) is 4.39 Å². The fraction of sp³-hybridized carbons (Fsp3) is 0.500. The maximum absolute atomic E-state index is 12.1. The summed E-state index contributed by atoms with van der Waals surface area (Å²) in [5.74, 6) is -0.875. The first-order chi connectivity index (χ1) is 8.79. The fourth-order valence-electron chi connectivity index (χ4n) is 0.452. The van der Waals surface area contributed by atoms with Crippen LogP contribution in [0.2, 0.25) is 0 Å². The number of aromatic hydroxyl groups is 1. The predicted octanol–water partition coefficient (Wildman–Crippen LogP) is 0.00770. The number of para-hydroxylation sites is 1. The molecule has 0 saturated heterocycles. The fourth-order valence-corrected chi connectivity index (χ4v) is 0.452. The van der Waals surface area contributed by atoms with E-state index in [1.54, 1.807) is 33.8 Å². The number of hydrogen-bond acceptors (Lipinski definition) is 6. The molecule has 0 amide bonds. The standard InChI is InChI=1S/C6H5FO.C6H14O2.BH3O3/c7-5-3-1-2-4-6(5)8;1-5(2,7)6(3,4)8;2-1(3)4/h1-4,8H;7-8H,1-4H3;2-4H. The van der Waals surface area contributed by atoms with Gasteiger partial charge in [0.1, 0.15) is 0 Å².